The van der Waals surface area contributed by atoms with E-state index in [9.17, 15) is 73.5 Å². The summed E-state index contributed by atoms with van der Waals surface area (Å²) in [6, 6.07) is 29.1. The SMILES string of the molecule is O=C(OC[C@H]1O[C@@H](O[C@H]2[C@H](OC(=O)c3ccc(F)cc3)[C@@H](OC(=O)c3ccc(F)cc3)C(OC(=O)c3ccc(F)cc3)O[C@@H]2COC(=O)c2ccc(F)cc2)[C@H](OC(=O)c2ccc(F)cc2)[C@@H](OC(=O)c2ccc(F)cc2)[C@H]1OC(=O)c1ccc(F)cc1)c1ccc(F)cc1. The van der Waals surface area contributed by atoms with Crippen molar-refractivity contribution in [3.8, 4) is 0 Å². The number of esters is 8. The predicted octanol–water partition coefficient (Wildman–Crippen LogP) is 10.6. The maximum absolute atomic E-state index is 14.7. The summed E-state index contributed by atoms with van der Waals surface area (Å²) in [6.45, 7) is -2.30. The largest absolute Gasteiger partial charge is 0.459 e. The summed E-state index contributed by atoms with van der Waals surface area (Å²) in [7, 11) is 0. The Kier molecular flexibility index (Phi) is 21.1. The number of hydrogen-bond acceptors (Lipinski definition) is 19. The van der Waals surface area contributed by atoms with E-state index < -0.39 is 197 Å². The average Bonchev–Trinajstić information content (AvgIpc) is 0.773. The third kappa shape index (κ3) is 16.9. The molecule has 0 amide bonds. The monoisotopic (exact) mass is 1320 g/mol. The van der Waals surface area contributed by atoms with Crippen molar-refractivity contribution in [3.63, 3.8) is 0 Å². The maximum atomic E-state index is 14.7. The van der Waals surface area contributed by atoms with Crippen LogP contribution in [0.5, 0.6) is 0 Å². The van der Waals surface area contributed by atoms with Gasteiger partial charge in [0.1, 0.15) is 78.1 Å². The molecule has 2 fully saturated rings. The number of rotatable bonds is 20. The number of carbonyl (C=O) groups excluding carboxylic acids is 8. The van der Waals surface area contributed by atoms with Crippen LogP contribution in [0.4, 0.5) is 35.1 Å². The van der Waals surface area contributed by atoms with E-state index in [1.165, 1.54) is 0 Å². The molecule has 10 atom stereocenters. The van der Waals surface area contributed by atoms with E-state index in [2.05, 4.69) is 0 Å². The molecule has 10 rings (SSSR count). The highest BCUT2D eigenvalue weighted by Gasteiger charge is 2.59. The molecule has 8 aromatic rings. The molecule has 19 nitrogen and oxygen atoms in total. The van der Waals surface area contributed by atoms with Crippen LogP contribution in [0, 0.1) is 46.5 Å². The van der Waals surface area contributed by atoms with E-state index in [0.29, 0.717) is 0 Å². The molecule has 2 aliphatic heterocycles. The average molecular weight is 1320 g/mol. The van der Waals surface area contributed by atoms with Gasteiger partial charge in [0.25, 0.3) is 0 Å². The summed E-state index contributed by atoms with van der Waals surface area (Å²) in [5, 5.41) is 0. The summed E-state index contributed by atoms with van der Waals surface area (Å²) < 4.78 is 182. The quantitative estimate of drug-likeness (QED) is 0.0391. The molecule has 27 heteroatoms. The molecule has 1 unspecified atom stereocenters. The van der Waals surface area contributed by atoms with Crippen LogP contribution in [-0.4, -0.2) is 122 Å². The highest BCUT2D eigenvalue weighted by molar-refractivity contribution is 5.93. The number of ether oxygens (including phenoxy) is 11. The third-order valence-corrected chi connectivity index (χ3v) is 14.3. The van der Waals surface area contributed by atoms with Crippen molar-refractivity contribution in [1.29, 1.82) is 0 Å². The zero-order valence-corrected chi connectivity index (χ0v) is 48.4. The van der Waals surface area contributed by atoms with Crippen molar-refractivity contribution >= 4 is 47.8 Å². The molecule has 2 aliphatic rings. The molecule has 0 N–H and O–H groups in total. The van der Waals surface area contributed by atoms with E-state index in [1.54, 1.807) is 0 Å². The Balaban J connectivity index is 1.16. The number of halogens is 8. The minimum atomic E-state index is -2.55. The second kappa shape index (κ2) is 30.1. The third-order valence-electron chi connectivity index (χ3n) is 14.3. The van der Waals surface area contributed by atoms with Crippen molar-refractivity contribution in [1.82, 2.24) is 0 Å². The lowest BCUT2D eigenvalue weighted by Gasteiger charge is -2.48. The van der Waals surface area contributed by atoms with Crippen molar-refractivity contribution in [2.24, 2.45) is 0 Å². The van der Waals surface area contributed by atoms with Crippen LogP contribution in [0.15, 0.2) is 194 Å². The Bertz CT molecular complexity index is 4070. The Morgan fingerprint density at radius 2 is 0.442 bits per heavy atom. The normalized spacial score (nSPS) is 20.6. The van der Waals surface area contributed by atoms with Gasteiger partial charge in [-0.15, -0.1) is 0 Å². The fourth-order valence-electron chi connectivity index (χ4n) is 9.51. The lowest BCUT2D eigenvalue weighted by molar-refractivity contribution is -0.351. The van der Waals surface area contributed by atoms with Crippen molar-refractivity contribution in [3.05, 3.63) is 285 Å². The molecule has 0 bridgehead atoms. The minimum absolute atomic E-state index is 0.292. The zero-order chi connectivity index (χ0) is 67.4. The number of benzene rings is 8. The highest BCUT2D eigenvalue weighted by atomic mass is 19.2. The summed E-state index contributed by atoms with van der Waals surface area (Å²) in [5.41, 5.74) is -3.17. The van der Waals surface area contributed by atoms with Gasteiger partial charge in [-0.25, -0.2) is 73.5 Å². The fraction of sp³-hybridized carbons (Fsp3) is 0.176. The molecule has 2 saturated heterocycles. The molecule has 0 aromatic heterocycles. The molecule has 2 heterocycles. The van der Waals surface area contributed by atoms with Crippen molar-refractivity contribution in [2.75, 3.05) is 13.2 Å². The smallest absolute Gasteiger partial charge is 0.340 e. The highest BCUT2D eigenvalue weighted by Crippen LogP contribution is 2.38. The van der Waals surface area contributed by atoms with Gasteiger partial charge in [-0.3, -0.25) is 0 Å². The molecule has 8 aromatic carbocycles. The van der Waals surface area contributed by atoms with Crippen LogP contribution in [0.25, 0.3) is 0 Å². The first kappa shape index (κ1) is 66.8. The van der Waals surface area contributed by atoms with Gasteiger partial charge in [-0.2, -0.15) is 0 Å². The molecule has 0 saturated carbocycles. The van der Waals surface area contributed by atoms with Crippen LogP contribution in [0.1, 0.15) is 82.9 Å². The maximum Gasteiger partial charge on any atom is 0.340 e. The first-order valence-corrected chi connectivity index (χ1v) is 28.2. The first-order chi connectivity index (χ1) is 45.6. The van der Waals surface area contributed by atoms with E-state index >= 15 is 0 Å². The summed E-state index contributed by atoms with van der Waals surface area (Å²) >= 11 is 0. The topological polar surface area (TPSA) is 238 Å². The lowest BCUT2D eigenvalue weighted by atomic mass is 9.95. The second-order valence-electron chi connectivity index (χ2n) is 20.7. The molecular formula is C68H46F8O19. The van der Waals surface area contributed by atoms with Gasteiger partial charge in [0.05, 0.1) is 44.5 Å². The minimum Gasteiger partial charge on any atom is -0.459 e. The Morgan fingerprint density at radius 3 is 0.726 bits per heavy atom. The molecule has 95 heavy (non-hydrogen) atoms. The second-order valence-corrected chi connectivity index (χ2v) is 20.7. The Labute approximate surface area is 531 Å². The number of hydrogen-bond donors (Lipinski definition) is 0. The van der Waals surface area contributed by atoms with Crippen LogP contribution in [0.3, 0.4) is 0 Å². The van der Waals surface area contributed by atoms with E-state index in [-0.39, 0.29) is 16.7 Å². The molecule has 0 aliphatic carbocycles. The molecule has 488 valence electrons. The van der Waals surface area contributed by atoms with Crippen molar-refractivity contribution < 1.29 is 126 Å². The zero-order valence-electron chi connectivity index (χ0n) is 48.4. The number of carbonyl (C=O) groups is 8. The van der Waals surface area contributed by atoms with Gasteiger partial charge in [-0.1, -0.05) is 0 Å². The lowest BCUT2D eigenvalue weighted by Crippen LogP contribution is -2.67. The predicted molar refractivity (Wildman–Crippen MR) is 305 cm³/mol. The first-order valence-electron chi connectivity index (χ1n) is 28.2. The Morgan fingerprint density at radius 1 is 0.242 bits per heavy atom. The molecule has 0 spiro atoms. The van der Waals surface area contributed by atoms with Gasteiger partial charge in [0, 0.05) is 0 Å². The van der Waals surface area contributed by atoms with Crippen molar-refractivity contribution in [2.45, 2.75) is 61.4 Å². The van der Waals surface area contributed by atoms with E-state index in [4.69, 9.17) is 52.1 Å². The van der Waals surface area contributed by atoms with Crippen LogP contribution < -0.4 is 0 Å². The summed E-state index contributed by atoms with van der Waals surface area (Å²) in [4.78, 5) is 115. The fourth-order valence-corrected chi connectivity index (χ4v) is 9.51. The summed E-state index contributed by atoms with van der Waals surface area (Å²) in [6.07, 6.45) is -23.6. The van der Waals surface area contributed by atoms with E-state index in [0.717, 1.165) is 194 Å². The molecule has 0 radical (unpaired) electrons. The molecular weight excluding hydrogens is 1270 g/mol. The van der Waals surface area contributed by atoms with Gasteiger partial charge in [0.2, 0.25) is 12.4 Å². The van der Waals surface area contributed by atoms with Crippen LogP contribution in [-0.2, 0) is 52.1 Å². The summed E-state index contributed by atoms with van der Waals surface area (Å²) in [5.74, 6) is -17.5. The van der Waals surface area contributed by atoms with E-state index in [1.807, 2.05) is 0 Å². The van der Waals surface area contributed by atoms with Crippen LogP contribution >= 0.6 is 0 Å². The van der Waals surface area contributed by atoms with Gasteiger partial charge in [0.15, 0.2) is 30.7 Å². The van der Waals surface area contributed by atoms with Crippen LogP contribution in [0.2, 0.25) is 0 Å². The standard InChI is InChI=1S/C68H46F8O19/c69-43-17-1-35(2-18-43)59(77)85-33-51-53(89-61(79)37-5-21-45(71)22-6-37)55(90-62(80)38-7-23-46(72)24-8-38)57(92-64(82)40-11-27-48(74)28-12-40)67(87-51)94-54-52(34-86-60(78)36-3-19-44(70)20-4-36)88-68(95-66(84)42-15-31-50(76)32-16-42)58(93-65(83)41-13-29-49(75)30-14-41)56(54)91-63(81)39-9-25-47(73)26-10-39/h1-32,51-58,67-68H,33-34H2/t51-,52-,53+,54-,55+,56+,57-,58-,67+,68?/m1/s1. The Hall–Kier alpha value is -11.2. The van der Waals surface area contributed by atoms with Gasteiger partial charge in [-0.05, 0) is 194 Å². The van der Waals surface area contributed by atoms with Gasteiger partial charge >= 0.3 is 47.8 Å². The van der Waals surface area contributed by atoms with Gasteiger partial charge < -0.3 is 52.1 Å².